The highest BCUT2D eigenvalue weighted by Crippen LogP contribution is 2.34. The largest absolute Gasteiger partial charge is 0.353 e. The molecule has 2 N–H and O–H groups in total. The van der Waals surface area contributed by atoms with Gasteiger partial charge in [0.05, 0.1) is 12.1 Å². The number of carbonyl (C=O) groups is 1. The fourth-order valence-electron chi connectivity index (χ4n) is 3.20. The summed E-state index contributed by atoms with van der Waals surface area (Å²) in [5.74, 6) is 1.32. The third kappa shape index (κ3) is 3.03. The van der Waals surface area contributed by atoms with E-state index >= 15 is 0 Å². The lowest BCUT2D eigenvalue weighted by Crippen LogP contribution is -2.39. The van der Waals surface area contributed by atoms with Crippen molar-refractivity contribution in [1.82, 2.24) is 20.4 Å². The number of carbonyl (C=O) groups excluding carboxylic acids is 1. The molecule has 1 aromatic heterocycles. The van der Waals surface area contributed by atoms with Crippen LogP contribution in [0.2, 0.25) is 0 Å². The van der Waals surface area contributed by atoms with Crippen molar-refractivity contribution in [2.75, 3.05) is 13.1 Å². The van der Waals surface area contributed by atoms with Crippen LogP contribution < -0.4 is 10.6 Å². The summed E-state index contributed by atoms with van der Waals surface area (Å²) in [6, 6.07) is 0.296. The lowest BCUT2D eigenvalue weighted by molar-refractivity contribution is -0.125. The Balaban J connectivity index is 1.60. The van der Waals surface area contributed by atoms with E-state index in [-0.39, 0.29) is 17.7 Å². The Morgan fingerprint density at radius 1 is 1.55 bits per heavy atom. The van der Waals surface area contributed by atoms with Crippen molar-refractivity contribution in [1.29, 1.82) is 0 Å². The molecule has 1 aromatic rings. The third-order valence-corrected chi connectivity index (χ3v) is 4.48. The standard InChI is InChI=1S/C15H24N4O/c1-10(5-11-3-4-11)18-15(20)14-8-16-7-13(14)12-6-17-19(2)9-12/h6,9-11,13-14,16H,3-5,7-8H2,1-2H3,(H,18,20)/t10?,13-,14+/m1/s1. The summed E-state index contributed by atoms with van der Waals surface area (Å²) in [7, 11) is 1.92. The van der Waals surface area contributed by atoms with Crippen LogP contribution in [0.15, 0.2) is 12.4 Å². The predicted octanol–water partition coefficient (Wildman–Crippen LogP) is 1.03. The highest BCUT2D eigenvalue weighted by molar-refractivity contribution is 5.80. The summed E-state index contributed by atoms with van der Waals surface area (Å²) < 4.78 is 1.80. The smallest absolute Gasteiger partial charge is 0.225 e. The van der Waals surface area contributed by atoms with E-state index in [1.54, 1.807) is 4.68 Å². The van der Waals surface area contributed by atoms with E-state index in [2.05, 4.69) is 22.7 Å². The van der Waals surface area contributed by atoms with Crippen molar-refractivity contribution in [3.05, 3.63) is 18.0 Å². The van der Waals surface area contributed by atoms with Gasteiger partial charge in [0.1, 0.15) is 0 Å². The molecule has 1 unspecified atom stereocenters. The minimum absolute atomic E-state index is 0.0286. The molecule has 1 saturated heterocycles. The van der Waals surface area contributed by atoms with Gasteiger partial charge in [0.15, 0.2) is 0 Å². The molecule has 1 aliphatic heterocycles. The van der Waals surface area contributed by atoms with Crippen LogP contribution in [0.5, 0.6) is 0 Å². The topological polar surface area (TPSA) is 59.0 Å². The number of aryl methyl sites for hydroxylation is 1. The maximum absolute atomic E-state index is 12.5. The maximum atomic E-state index is 12.5. The van der Waals surface area contributed by atoms with Crippen molar-refractivity contribution < 1.29 is 4.79 Å². The molecule has 0 aromatic carbocycles. The Labute approximate surface area is 120 Å². The number of rotatable bonds is 5. The van der Waals surface area contributed by atoms with Gasteiger partial charge in [0, 0.05) is 38.3 Å². The summed E-state index contributed by atoms with van der Waals surface area (Å²) >= 11 is 0. The second-order valence-corrected chi connectivity index (χ2v) is 6.41. The van der Waals surface area contributed by atoms with E-state index in [9.17, 15) is 4.79 Å². The summed E-state index contributed by atoms with van der Waals surface area (Å²) in [6.45, 7) is 3.75. The molecule has 0 bridgehead atoms. The zero-order valence-corrected chi connectivity index (χ0v) is 12.3. The molecule has 1 aliphatic carbocycles. The average Bonchev–Trinajstić information content (AvgIpc) is 2.92. The quantitative estimate of drug-likeness (QED) is 0.844. The van der Waals surface area contributed by atoms with Crippen molar-refractivity contribution in [3.63, 3.8) is 0 Å². The zero-order chi connectivity index (χ0) is 14.1. The second-order valence-electron chi connectivity index (χ2n) is 6.41. The Bertz CT molecular complexity index is 480. The van der Waals surface area contributed by atoms with Crippen LogP contribution in [0.4, 0.5) is 0 Å². The van der Waals surface area contributed by atoms with Crippen LogP contribution in [0.25, 0.3) is 0 Å². The van der Waals surface area contributed by atoms with E-state index in [4.69, 9.17) is 0 Å². The molecule has 5 nitrogen and oxygen atoms in total. The van der Waals surface area contributed by atoms with Crippen LogP contribution >= 0.6 is 0 Å². The molecule has 3 atom stereocenters. The van der Waals surface area contributed by atoms with E-state index in [1.165, 1.54) is 12.8 Å². The van der Waals surface area contributed by atoms with Gasteiger partial charge in [0.25, 0.3) is 0 Å². The van der Waals surface area contributed by atoms with Crippen molar-refractivity contribution in [2.45, 2.75) is 38.1 Å². The second kappa shape index (κ2) is 5.56. The number of nitrogens with zero attached hydrogens (tertiary/aromatic N) is 2. The summed E-state index contributed by atoms with van der Waals surface area (Å²) in [5, 5.41) is 10.8. The van der Waals surface area contributed by atoms with Gasteiger partial charge in [-0.3, -0.25) is 9.48 Å². The minimum Gasteiger partial charge on any atom is -0.353 e. The lowest BCUT2D eigenvalue weighted by atomic mass is 9.90. The highest BCUT2D eigenvalue weighted by atomic mass is 16.2. The first-order valence-corrected chi connectivity index (χ1v) is 7.63. The number of aromatic nitrogens is 2. The number of hydrogen-bond acceptors (Lipinski definition) is 3. The van der Waals surface area contributed by atoms with Gasteiger partial charge >= 0.3 is 0 Å². The van der Waals surface area contributed by atoms with Gasteiger partial charge in [-0.1, -0.05) is 12.8 Å². The number of hydrogen-bond donors (Lipinski definition) is 2. The van der Waals surface area contributed by atoms with Crippen molar-refractivity contribution >= 4 is 5.91 Å². The molecule has 2 heterocycles. The van der Waals surface area contributed by atoms with E-state index < -0.39 is 0 Å². The van der Waals surface area contributed by atoms with E-state index in [0.29, 0.717) is 6.04 Å². The Kier molecular flexibility index (Phi) is 3.78. The monoisotopic (exact) mass is 276 g/mol. The predicted molar refractivity (Wildman–Crippen MR) is 77.3 cm³/mol. The summed E-state index contributed by atoms with van der Waals surface area (Å²) in [4.78, 5) is 12.5. The first-order chi connectivity index (χ1) is 9.63. The van der Waals surface area contributed by atoms with Gasteiger partial charge in [-0.2, -0.15) is 5.10 Å². The molecular formula is C15H24N4O. The van der Waals surface area contributed by atoms with E-state index in [0.717, 1.165) is 31.0 Å². The van der Waals surface area contributed by atoms with E-state index in [1.807, 2.05) is 19.4 Å². The number of nitrogens with one attached hydrogen (secondary N) is 2. The SMILES string of the molecule is CC(CC1CC1)NC(=O)[C@H]1CNC[C@@H]1c1cnn(C)c1. The van der Waals surface area contributed by atoms with Gasteiger partial charge in [-0.05, 0) is 24.8 Å². The molecule has 20 heavy (non-hydrogen) atoms. The van der Waals surface area contributed by atoms with Gasteiger partial charge in [-0.25, -0.2) is 0 Å². The molecular weight excluding hydrogens is 252 g/mol. The fourth-order valence-corrected chi connectivity index (χ4v) is 3.20. The molecule has 2 aliphatic rings. The van der Waals surface area contributed by atoms with Crippen molar-refractivity contribution in [2.24, 2.45) is 18.9 Å². The van der Waals surface area contributed by atoms with Crippen LogP contribution in [0, 0.1) is 11.8 Å². The average molecular weight is 276 g/mol. The van der Waals surface area contributed by atoms with Crippen LogP contribution in [0.3, 0.4) is 0 Å². The summed E-state index contributed by atoms with van der Waals surface area (Å²) in [5.41, 5.74) is 1.16. The number of amides is 1. The first-order valence-electron chi connectivity index (χ1n) is 7.63. The Morgan fingerprint density at radius 3 is 3.00 bits per heavy atom. The normalized spacial score (nSPS) is 27.5. The molecule has 110 valence electrons. The fraction of sp³-hybridized carbons (Fsp3) is 0.733. The zero-order valence-electron chi connectivity index (χ0n) is 12.3. The van der Waals surface area contributed by atoms with Gasteiger partial charge in [-0.15, -0.1) is 0 Å². The maximum Gasteiger partial charge on any atom is 0.225 e. The molecule has 0 spiro atoms. The highest BCUT2D eigenvalue weighted by Gasteiger charge is 2.35. The van der Waals surface area contributed by atoms with Crippen molar-refractivity contribution in [3.8, 4) is 0 Å². The van der Waals surface area contributed by atoms with Crippen LogP contribution in [-0.4, -0.2) is 34.8 Å². The molecule has 1 saturated carbocycles. The third-order valence-electron chi connectivity index (χ3n) is 4.48. The Morgan fingerprint density at radius 2 is 2.35 bits per heavy atom. The Hall–Kier alpha value is -1.36. The van der Waals surface area contributed by atoms with Crippen LogP contribution in [-0.2, 0) is 11.8 Å². The van der Waals surface area contributed by atoms with Crippen LogP contribution in [0.1, 0.15) is 37.7 Å². The molecule has 2 fully saturated rings. The lowest BCUT2D eigenvalue weighted by Gasteiger charge is -2.20. The molecule has 1 amide bonds. The molecule has 3 rings (SSSR count). The van der Waals surface area contributed by atoms with Gasteiger partial charge in [0.2, 0.25) is 5.91 Å². The molecule has 0 radical (unpaired) electrons. The first kappa shape index (κ1) is 13.6. The summed E-state index contributed by atoms with van der Waals surface area (Å²) in [6.07, 6.45) is 7.70. The van der Waals surface area contributed by atoms with Gasteiger partial charge < -0.3 is 10.6 Å². The molecule has 5 heteroatoms. The minimum atomic E-state index is 0.0286.